The lowest BCUT2D eigenvalue weighted by Gasteiger charge is -2.11. The van der Waals surface area contributed by atoms with E-state index in [1.54, 1.807) is 12.1 Å². The molecule has 1 amide bonds. The molecule has 0 aliphatic heterocycles. The maximum Gasteiger partial charge on any atom is 0.338 e. The third-order valence-corrected chi connectivity index (χ3v) is 2.81. The number of carbonyl (C=O) groups is 2. The highest BCUT2D eigenvalue weighted by atomic mass is 16.5. The van der Waals surface area contributed by atoms with Gasteiger partial charge in [0, 0.05) is 6.04 Å². The molecule has 0 bridgehead atoms. The molecule has 0 aliphatic carbocycles. The lowest BCUT2D eigenvalue weighted by Crippen LogP contribution is -2.35. The Morgan fingerprint density at radius 3 is 2.32 bits per heavy atom. The SMILES string of the molecule is CC[C@@H](C)NC(=O)COC(=O)c1cc(C)cc(C)c1. The van der Waals surface area contributed by atoms with Gasteiger partial charge in [-0.2, -0.15) is 0 Å². The predicted octanol–water partition coefficient (Wildman–Crippen LogP) is 2.37. The normalized spacial score (nSPS) is 11.8. The minimum Gasteiger partial charge on any atom is -0.452 e. The van der Waals surface area contributed by atoms with Crippen molar-refractivity contribution in [1.29, 1.82) is 0 Å². The van der Waals surface area contributed by atoms with Gasteiger partial charge in [0.15, 0.2) is 6.61 Å². The highest BCUT2D eigenvalue weighted by Crippen LogP contribution is 2.10. The number of benzene rings is 1. The van der Waals surface area contributed by atoms with E-state index in [4.69, 9.17) is 4.74 Å². The van der Waals surface area contributed by atoms with Gasteiger partial charge in [-0.15, -0.1) is 0 Å². The lowest BCUT2D eigenvalue weighted by molar-refractivity contribution is -0.124. The van der Waals surface area contributed by atoms with Crippen molar-refractivity contribution in [3.05, 3.63) is 34.9 Å². The Bertz CT molecular complexity index is 448. The molecule has 0 radical (unpaired) electrons. The molecule has 0 spiro atoms. The number of nitrogens with one attached hydrogen (secondary N) is 1. The number of amides is 1. The van der Waals surface area contributed by atoms with Gasteiger partial charge in [0.2, 0.25) is 0 Å². The van der Waals surface area contributed by atoms with Crippen molar-refractivity contribution in [2.45, 2.75) is 40.2 Å². The van der Waals surface area contributed by atoms with Gasteiger partial charge in [-0.3, -0.25) is 4.79 Å². The van der Waals surface area contributed by atoms with Crippen LogP contribution in [0, 0.1) is 13.8 Å². The number of ether oxygens (including phenoxy) is 1. The number of hydrogen-bond acceptors (Lipinski definition) is 3. The highest BCUT2D eigenvalue weighted by molar-refractivity contribution is 5.91. The van der Waals surface area contributed by atoms with Crippen LogP contribution in [0.2, 0.25) is 0 Å². The molecule has 0 unspecified atom stereocenters. The summed E-state index contributed by atoms with van der Waals surface area (Å²) in [5.74, 6) is -0.738. The summed E-state index contributed by atoms with van der Waals surface area (Å²) in [6.07, 6.45) is 0.844. The molecule has 19 heavy (non-hydrogen) atoms. The van der Waals surface area contributed by atoms with E-state index in [0.717, 1.165) is 17.5 Å². The predicted molar refractivity (Wildman–Crippen MR) is 74.1 cm³/mol. The minimum atomic E-state index is -0.467. The first-order chi connectivity index (χ1) is 8.92. The monoisotopic (exact) mass is 263 g/mol. The van der Waals surface area contributed by atoms with Gasteiger partial charge in [0.1, 0.15) is 0 Å². The molecule has 1 N–H and O–H groups in total. The van der Waals surface area contributed by atoms with Crippen LogP contribution in [0.1, 0.15) is 41.8 Å². The van der Waals surface area contributed by atoms with E-state index in [1.807, 2.05) is 33.8 Å². The van der Waals surface area contributed by atoms with E-state index in [1.165, 1.54) is 0 Å². The van der Waals surface area contributed by atoms with Gasteiger partial charge >= 0.3 is 5.97 Å². The Balaban J connectivity index is 2.53. The Hall–Kier alpha value is -1.84. The molecule has 0 saturated heterocycles. The molecule has 1 rings (SSSR count). The van der Waals surface area contributed by atoms with Crippen molar-refractivity contribution in [1.82, 2.24) is 5.32 Å². The zero-order valence-electron chi connectivity index (χ0n) is 11.9. The maximum atomic E-state index is 11.8. The second kappa shape index (κ2) is 6.92. The fraction of sp³-hybridized carbons (Fsp3) is 0.467. The first kappa shape index (κ1) is 15.2. The summed E-state index contributed by atoms with van der Waals surface area (Å²) in [6.45, 7) is 7.48. The summed E-state index contributed by atoms with van der Waals surface area (Å²) in [5, 5.41) is 2.74. The van der Waals surface area contributed by atoms with E-state index in [9.17, 15) is 9.59 Å². The Labute approximate surface area is 114 Å². The Kier molecular flexibility index (Phi) is 5.55. The van der Waals surface area contributed by atoms with Crippen LogP contribution >= 0.6 is 0 Å². The quantitative estimate of drug-likeness (QED) is 0.830. The molecule has 0 saturated carbocycles. The third kappa shape index (κ3) is 5.12. The molecule has 1 aromatic carbocycles. The standard InChI is InChI=1S/C15H21NO3/c1-5-12(4)16-14(17)9-19-15(18)13-7-10(2)6-11(3)8-13/h6-8,12H,5,9H2,1-4H3,(H,16,17)/t12-/m1/s1. The van der Waals surface area contributed by atoms with Crippen LogP contribution in [0.4, 0.5) is 0 Å². The molecule has 1 atom stereocenters. The van der Waals surface area contributed by atoms with Crippen molar-refractivity contribution in [3.63, 3.8) is 0 Å². The molecule has 4 nitrogen and oxygen atoms in total. The summed E-state index contributed by atoms with van der Waals surface area (Å²) >= 11 is 0. The number of carbonyl (C=O) groups excluding carboxylic acids is 2. The average Bonchev–Trinajstić information content (AvgIpc) is 2.34. The van der Waals surface area contributed by atoms with Crippen molar-refractivity contribution >= 4 is 11.9 Å². The van der Waals surface area contributed by atoms with E-state index in [0.29, 0.717) is 5.56 Å². The van der Waals surface area contributed by atoms with Crippen LogP contribution in [-0.2, 0) is 9.53 Å². The number of aryl methyl sites for hydroxylation is 2. The molecule has 0 fully saturated rings. The van der Waals surface area contributed by atoms with Crippen LogP contribution in [0.3, 0.4) is 0 Å². The molecule has 0 heterocycles. The number of rotatable bonds is 5. The fourth-order valence-corrected chi connectivity index (χ4v) is 1.73. The Morgan fingerprint density at radius 2 is 1.79 bits per heavy atom. The zero-order valence-corrected chi connectivity index (χ0v) is 11.9. The molecular formula is C15H21NO3. The molecule has 4 heteroatoms. The number of esters is 1. The van der Waals surface area contributed by atoms with Crippen LogP contribution in [0.5, 0.6) is 0 Å². The lowest BCUT2D eigenvalue weighted by atomic mass is 10.1. The smallest absolute Gasteiger partial charge is 0.338 e. The minimum absolute atomic E-state index is 0.0902. The summed E-state index contributed by atoms with van der Waals surface area (Å²) in [6, 6.07) is 5.57. The van der Waals surface area contributed by atoms with Crippen LogP contribution in [0.25, 0.3) is 0 Å². The van der Waals surface area contributed by atoms with Crippen LogP contribution < -0.4 is 5.32 Å². The van der Waals surface area contributed by atoms with Crippen LogP contribution in [0.15, 0.2) is 18.2 Å². The summed E-state index contributed by atoms with van der Waals surface area (Å²) in [4.78, 5) is 23.3. The third-order valence-electron chi connectivity index (χ3n) is 2.81. The topological polar surface area (TPSA) is 55.4 Å². The summed E-state index contributed by atoms with van der Waals surface area (Å²) in [7, 11) is 0. The first-order valence-electron chi connectivity index (χ1n) is 6.47. The van der Waals surface area contributed by atoms with E-state index in [2.05, 4.69) is 5.32 Å². The van der Waals surface area contributed by atoms with Gasteiger partial charge < -0.3 is 10.1 Å². The van der Waals surface area contributed by atoms with E-state index in [-0.39, 0.29) is 18.6 Å². The largest absolute Gasteiger partial charge is 0.452 e. The van der Waals surface area contributed by atoms with Crippen molar-refractivity contribution in [2.24, 2.45) is 0 Å². The molecule has 0 aliphatic rings. The molecule has 1 aromatic rings. The van der Waals surface area contributed by atoms with Gasteiger partial charge in [0.25, 0.3) is 5.91 Å². The maximum absolute atomic E-state index is 11.8. The van der Waals surface area contributed by atoms with Crippen molar-refractivity contribution < 1.29 is 14.3 Å². The van der Waals surface area contributed by atoms with Crippen molar-refractivity contribution in [2.75, 3.05) is 6.61 Å². The zero-order chi connectivity index (χ0) is 14.4. The first-order valence-corrected chi connectivity index (χ1v) is 6.47. The van der Waals surface area contributed by atoms with Crippen molar-refractivity contribution in [3.8, 4) is 0 Å². The Morgan fingerprint density at radius 1 is 1.21 bits per heavy atom. The second-order valence-corrected chi connectivity index (χ2v) is 4.83. The number of hydrogen-bond donors (Lipinski definition) is 1. The van der Waals surface area contributed by atoms with Crippen LogP contribution in [-0.4, -0.2) is 24.5 Å². The molecule has 0 aromatic heterocycles. The summed E-state index contributed by atoms with van der Waals surface area (Å²) in [5.41, 5.74) is 2.47. The van der Waals surface area contributed by atoms with Gasteiger partial charge in [-0.25, -0.2) is 4.79 Å². The van der Waals surface area contributed by atoms with E-state index < -0.39 is 5.97 Å². The van der Waals surface area contributed by atoms with Gasteiger partial charge in [-0.05, 0) is 39.3 Å². The summed E-state index contributed by atoms with van der Waals surface area (Å²) < 4.78 is 4.99. The molecular weight excluding hydrogens is 242 g/mol. The highest BCUT2D eigenvalue weighted by Gasteiger charge is 2.12. The second-order valence-electron chi connectivity index (χ2n) is 4.83. The molecule has 104 valence electrons. The average molecular weight is 263 g/mol. The van der Waals surface area contributed by atoms with E-state index >= 15 is 0 Å². The van der Waals surface area contributed by atoms with Gasteiger partial charge in [-0.1, -0.05) is 24.1 Å². The van der Waals surface area contributed by atoms with Gasteiger partial charge in [0.05, 0.1) is 5.56 Å². The fourth-order valence-electron chi connectivity index (χ4n) is 1.73.